The van der Waals surface area contributed by atoms with E-state index >= 15 is 0 Å². The highest BCUT2D eigenvalue weighted by Gasteiger charge is 2.17. The molecule has 2 fully saturated rings. The molecule has 2 N–H and O–H groups in total. The van der Waals surface area contributed by atoms with Gasteiger partial charge in [-0.05, 0) is 62.5 Å². The molecule has 0 spiro atoms. The number of fused-ring (bicyclic) bond motifs is 1. The molecule has 40 heavy (non-hydrogen) atoms. The van der Waals surface area contributed by atoms with Crippen LogP contribution in [-0.4, -0.2) is 55.8 Å². The largest absolute Gasteiger partial charge is 0.493 e. The van der Waals surface area contributed by atoms with Crippen LogP contribution in [0.2, 0.25) is 0 Å². The number of carbonyl (C=O) groups is 1. The Morgan fingerprint density at radius 2 is 1.85 bits per heavy atom. The molecular weight excluding hydrogens is 511 g/mol. The lowest BCUT2D eigenvalue weighted by Gasteiger charge is -2.26. The number of aromatic nitrogens is 1. The van der Waals surface area contributed by atoms with Crippen LogP contribution in [0.3, 0.4) is 0 Å². The average molecular weight is 551 g/mol. The zero-order valence-corrected chi connectivity index (χ0v) is 23.2. The number of pyridine rings is 1. The number of piperidine rings is 1. The summed E-state index contributed by atoms with van der Waals surface area (Å²) < 4.78 is 32.6. The molecule has 1 saturated heterocycles. The average Bonchev–Trinajstić information content (AvgIpc) is 3.48. The maximum Gasteiger partial charge on any atom is 0.319 e. The second-order valence-electron chi connectivity index (χ2n) is 10.6. The summed E-state index contributed by atoms with van der Waals surface area (Å²) in [5.41, 5.74) is 0.776. The Morgan fingerprint density at radius 1 is 1.02 bits per heavy atom. The molecule has 3 aromatic rings. The number of hydrogen-bond acceptors (Lipinski definition) is 6. The molecule has 8 nitrogen and oxygen atoms in total. The van der Waals surface area contributed by atoms with Crippen molar-refractivity contribution in [1.29, 1.82) is 0 Å². The lowest BCUT2D eigenvalue weighted by molar-refractivity contribution is 0.181. The number of methoxy groups -OCH3 is 1. The van der Waals surface area contributed by atoms with E-state index in [0.717, 1.165) is 26.1 Å². The van der Waals surface area contributed by atoms with Crippen LogP contribution in [0.4, 0.5) is 14.9 Å². The van der Waals surface area contributed by atoms with Gasteiger partial charge in [0.2, 0.25) is 0 Å². The molecule has 5 rings (SSSR count). The highest BCUT2D eigenvalue weighted by molar-refractivity contribution is 5.90. The van der Waals surface area contributed by atoms with E-state index in [4.69, 9.17) is 14.2 Å². The number of nitrogens with zero attached hydrogens (tertiary/aromatic N) is 2. The third-order valence-corrected chi connectivity index (χ3v) is 7.83. The second-order valence-corrected chi connectivity index (χ2v) is 10.6. The molecule has 9 heteroatoms. The molecule has 0 atom stereocenters. The number of rotatable bonds is 11. The molecule has 0 unspecified atom stereocenters. The second kappa shape index (κ2) is 13.7. The zero-order chi connectivity index (χ0) is 27.7. The molecule has 1 aliphatic carbocycles. The maximum atomic E-state index is 14.8. The number of anilines is 1. The number of halogens is 1. The van der Waals surface area contributed by atoms with Gasteiger partial charge in [-0.25, -0.2) is 9.18 Å². The van der Waals surface area contributed by atoms with Crippen molar-refractivity contribution in [2.24, 2.45) is 5.92 Å². The van der Waals surface area contributed by atoms with Gasteiger partial charge in [0.15, 0.2) is 11.5 Å². The van der Waals surface area contributed by atoms with Crippen molar-refractivity contribution in [2.45, 2.75) is 51.4 Å². The summed E-state index contributed by atoms with van der Waals surface area (Å²) in [6, 6.07) is 9.37. The van der Waals surface area contributed by atoms with Gasteiger partial charge in [0.05, 0.1) is 18.3 Å². The van der Waals surface area contributed by atoms with Crippen molar-refractivity contribution < 1.29 is 23.4 Å². The van der Waals surface area contributed by atoms with E-state index < -0.39 is 11.8 Å². The topological polar surface area (TPSA) is 85.0 Å². The fourth-order valence-electron chi connectivity index (χ4n) is 5.60. The van der Waals surface area contributed by atoms with E-state index in [-0.39, 0.29) is 5.69 Å². The number of amides is 2. The Balaban J connectivity index is 1.21. The van der Waals surface area contributed by atoms with Crippen LogP contribution < -0.4 is 24.8 Å². The highest BCUT2D eigenvalue weighted by atomic mass is 19.1. The summed E-state index contributed by atoms with van der Waals surface area (Å²) in [5.74, 6) is 2.12. The summed E-state index contributed by atoms with van der Waals surface area (Å²) in [7, 11) is 1.60. The van der Waals surface area contributed by atoms with Gasteiger partial charge in [0.25, 0.3) is 0 Å². The fourth-order valence-corrected chi connectivity index (χ4v) is 5.60. The molecule has 2 amide bonds. The molecule has 2 heterocycles. The predicted molar refractivity (Wildman–Crippen MR) is 154 cm³/mol. The van der Waals surface area contributed by atoms with Gasteiger partial charge >= 0.3 is 6.03 Å². The van der Waals surface area contributed by atoms with Crippen molar-refractivity contribution >= 4 is 22.6 Å². The Bertz CT molecular complexity index is 1290. The molecule has 1 aromatic heterocycles. The van der Waals surface area contributed by atoms with Crippen LogP contribution in [0.1, 0.15) is 51.4 Å². The normalized spacial score (nSPS) is 16.1. The van der Waals surface area contributed by atoms with E-state index in [9.17, 15) is 9.18 Å². The first-order valence-corrected chi connectivity index (χ1v) is 14.4. The van der Waals surface area contributed by atoms with Crippen LogP contribution in [0, 0.1) is 11.7 Å². The predicted octanol–water partition coefficient (Wildman–Crippen LogP) is 6.74. The Labute approximate surface area is 235 Å². The van der Waals surface area contributed by atoms with E-state index in [1.807, 2.05) is 12.1 Å². The highest BCUT2D eigenvalue weighted by Crippen LogP contribution is 2.37. The van der Waals surface area contributed by atoms with Gasteiger partial charge in [-0.15, -0.1) is 0 Å². The molecule has 1 saturated carbocycles. The first-order chi connectivity index (χ1) is 19.6. The van der Waals surface area contributed by atoms with Crippen LogP contribution in [0.5, 0.6) is 23.0 Å². The van der Waals surface area contributed by atoms with Crippen molar-refractivity contribution in [2.75, 3.05) is 45.2 Å². The fraction of sp³-hybridized carbons (Fsp3) is 0.484. The molecule has 0 radical (unpaired) electrons. The third-order valence-electron chi connectivity index (χ3n) is 7.83. The van der Waals surface area contributed by atoms with Crippen molar-refractivity contribution in [3.63, 3.8) is 0 Å². The maximum absolute atomic E-state index is 14.8. The summed E-state index contributed by atoms with van der Waals surface area (Å²) in [6.07, 6.45) is 11.4. The molecule has 214 valence electrons. The lowest BCUT2D eigenvalue weighted by Crippen LogP contribution is -2.33. The smallest absolute Gasteiger partial charge is 0.319 e. The first kappa shape index (κ1) is 28.0. The quantitative estimate of drug-likeness (QED) is 0.275. The Morgan fingerprint density at radius 3 is 2.62 bits per heavy atom. The van der Waals surface area contributed by atoms with E-state index in [2.05, 4.69) is 20.5 Å². The first-order valence-electron chi connectivity index (χ1n) is 14.4. The van der Waals surface area contributed by atoms with Gasteiger partial charge in [-0.1, -0.05) is 32.1 Å². The van der Waals surface area contributed by atoms with Gasteiger partial charge in [-0.3, -0.25) is 9.88 Å². The minimum absolute atomic E-state index is 0.0957. The number of ether oxygens (including phenoxy) is 3. The van der Waals surface area contributed by atoms with Crippen molar-refractivity contribution in [3.05, 3.63) is 48.4 Å². The van der Waals surface area contributed by atoms with E-state index in [1.54, 1.807) is 25.4 Å². The number of carbonyl (C=O) groups excluding carboxylic acids is 1. The molecule has 1 aliphatic heterocycles. The molecule has 2 aliphatic rings. The van der Waals surface area contributed by atoms with Crippen molar-refractivity contribution in [1.82, 2.24) is 15.2 Å². The number of nitrogens with one attached hydrogen (secondary N) is 2. The summed E-state index contributed by atoms with van der Waals surface area (Å²) in [6.45, 7) is 4.26. The van der Waals surface area contributed by atoms with Gasteiger partial charge in [0, 0.05) is 36.8 Å². The lowest BCUT2D eigenvalue weighted by atomic mass is 10.0. The summed E-state index contributed by atoms with van der Waals surface area (Å²) in [5, 5.41) is 6.13. The monoisotopic (exact) mass is 550 g/mol. The molecular formula is C31H39FN4O4. The Kier molecular flexibility index (Phi) is 9.54. The van der Waals surface area contributed by atoms with Crippen molar-refractivity contribution in [3.8, 4) is 23.0 Å². The van der Waals surface area contributed by atoms with E-state index in [1.165, 1.54) is 57.1 Å². The van der Waals surface area contributed by atoms with Gasteiger partial charge in [0.1, 0.15) is 23.9 Å². The number of likely N-dealkylation sites (tertiary alicyclic amines) is 1. The van der Waals surface area contributed by atoms with Crippen LogP contribution in [0.25, 0.3) is 10.9 Å². The third kappa shape index (κ3) is 7.33. The SMILES string of the molecule is COc1cc2c(Oc3ccc(NC(=O)NCCC4CCCC4)c(F)c3)ccnc2cc1OCCN1CCCCC1. The summed E-state index contributed by atoms with van der Waals surface area (Å²) in [4.78, 5) is 19.1. The minimum Gasteiger partial charge on any atom is -0.493 e. The van der Waals surface area contributed by atoms with Gasteiger partial charge in [-0.2, -0.15) is 0 Å². The standard InChI is InChI=1S/C31H39FN4O4/c1-38-29-20-24-27(21-30(29)39-18-17-36-15-5-2-6-16-36)33-14-12-28(24)40-23-9-10-26(25(32)19-23)35-31(37)34-13-11-22-7-3-4-8-22/h9-10,12,14,19-22H,2-8,11,13,15-18H2,1H3,(H2,34,35,37). The van der Waals surface area contributed by atoms with Gasteiger partial charge < -0.3 is 24.8 Å². The van der Waals surface area contributed by atoms with Crippen LogP contribution in [0.15, 0.2) is 42.6 Å². The Hall–Kier alpha value is -3.59. The number of hydrogen-bond donors (Lipinski definition) is 2. The van der Waals surface area contributed by atoms with Crippen LogP contribution >= 0.6 is 0 Å². The number of urea groups is 1. The van der Waals surface area contributed by atoms with E-state index in [0.29, 0.717) is 53.0 Å². The minimum atomic E-state index is -0.580. The molecule has 2 aromatic carbocycles. The summed E-state index contributed by atoms with van der Waals surface area (Å²) >= 11 is 0. The zero-order valence-electron chi connectivity index (χ0n) is 23.2. The molecule has 0 bridgehead atoms. The van der Waals surface area contributed by atoms with Crippen LogP contribution in [-0.2, 0) is 0 Å². The number of benzene rings is 2.